The number of benzene rings is 2. The number of rotatable bonds is 5. The number of aromatic nitrogens is 4. The van der Waals surface area contributed by atoms with E-state index in [4.69, 9.17) is 9.47 Å². The lowest BCUT2D eigenvalue weighted by Crippen LogP contribution is -2.13. The number of H-pyrrole nitrogens is 1. The van der Waals surface area contributed by atoms with E-state index in [1.54, 1.807) is 6.07 Å². The summed E-state index contributed by atoms with van der Waals surface area (Å²) < 4.78 is 13.7. The molecular weight excluding hydrogens is 474 g/mol. The van der Waals surface area contributed by atoms with Crippen molar-refractivity contribution in [1.29, 1.82) is 0 Å². The molecule has 162 valence electrons. The minimum atomic E-state index is -0.268. The lowest BCUT2D eigenvalue weighted by atomic mass is 10.1. The predicted octanol–water partition coefficient (Wildman–Crippen LogP) is 4.68. The molecule has 4 aromatic rings. The Kier molecular flexibility index (Phi) is 5.18. The van der Waals surface area contributed by atoms with Crippen LogP contribution in [-0.2, 0) is 6.54 Å². The van der Waals surface area contributed by atoms with Gasteiger partial charge < -0.3 is 14.8 Å². The lowest BCUT2D eigenvalue weighted by molar-refractivity contribution is 0.102. The van der Waals surface area contributed by atoms with E-state index in [2.05, 4.69) is 36.5 Å². The Hall–Kier alpha value is -3.59. The van der Waals surface area contributed by atoms with Crippen LogP contribution < -0.4 is 14.8 Å². The topological polar surface area (TPSA) is 94.1 Å². The molecule has 0 aliphatic carbocycles. The van der Waals surface area contributed by atoms with Gasteiger partial charge in [-0.25, -0.2) is 0 Å². The minimum absolute atomic E-state index is 0.211. The van der Waals surface area contributed by atoms with E-state index >= 15 is 0 Å². The third-order valence-electron chi connectivity index (χ3n) is 5.30. The zero-order valence-electron chi connectivity index (χ0n) is 17.5. The van der Waals surface area contributed by atoms with Crippen molar-refractivity contribution in [2.75, 3.05) is 12.1 Å². The molecule has 0 saturated carbocycles. The van der Waals surface area contributed by atoms with Crippen LogP contribution in [0.1, 0.15) is 27.4 Å². The van der Waals surface area contributed by atoms with Gasteiger partial charge in [-0.05, 0) is 71.7 Å². The summed E-state index contributed by atoms with van der Waals surface area (Å²) in [5, 5.41) is 14.6. The van der Waals surface area contributed by atoms with Gasteiger partial charge in [0.25, 0.3) is 5.91 Å². The van der Waals surface area contributed by atoms with Crippen molar-refractivity contribution < 1.29 is 14.3 Å². The lowest BCUT2D eigenvalue weighted by Gasteiger charge is -2.08. The molecule has 0 bridgehead atoms. The molecule has 0 fully saturated rings. The number of anilines is 1. The number of carbonyl (C=O) groups is 1. The third kappa shape index (κ3) is 3.87. The van der Waals surface area contributed by atoms with Gasteiger partial charge in [-0.15, -0.1) is 0 Å². The maximum absolute atomic E-state index is 12.8. The molecule has 0 radical (unpaired) electrons. The Morgan fingerprint density at radius 1 is 1.16 bits per heavy atom. The van der Waals surface area contributed by atoms with Gasteiger partial charge in [0, 0.05) is 11.3 Å². The van der Waals surface area contributed by atoms with Crippen LogP contribution in [0.3, 0.4) is 0 Å². The highest BCUT2D eigenvalue weighted by Gasteiger charge is 2.17. The quantitative estimate of drug-likeness (QED) is 0.420. The average molecular weight is 494 g/mol. The highest BCUT2D eigenvalue weighted by molar-refractivity contribution is 9.10. The van der Waals surface area contributed by atoms with Crippen LogP contribution in [0.15, 0.2) is 53.0 Å². The van der Waals surface area contributed by atoms with Crippen molar-refractivity contribution in [2.45, 2.75) is 20.4 Å². The second-order valence-corrected chi connectivity index (χ2v) is 8.32. The summed E-state index contributed by atoms with van der Waals surface area (Å²) in [4.78, 5) is 12.8. The molecular formula is C23H20BrN5O3. The van der Waals surface area contributed by atoms with Crippen LogP contribution >= 0.6 is 15.9 Å². The molecule has 5 rings (SSSR count). The van der Waals surface area contributed by atoms with Crippen LogP contribution in [0.5, 0.6) is 11.5 Å². The van der Waals surface area contributed by atoms with E-state index in [1.807, 2.05) is 61.0 Å². The number of hydrogen-bond acceptors (Lipinski definition) is 5. The second kappa shape index (κ2) is 8.16. The number of fused-ring (bicyclic) bond motifs is 1. The smallest absolute Gasteiger partial charge is 0.273 e. The van der Waals surface area contributed by atoms with Crippen LogP contribution in [-0.4, -0.2) is 32.7 Å². The average Bonchev–Trinajstić information content (AvgIpc) is 3.51. The number of halogens is 1. The van der Waals surface area contributed by atoms with Gasteiger partial charge in [-0.2, -0.15) is 10.2 Å². The van der Waals surface area contributed by atoms with E-state index < -0.39 is 0 Å². The fourth-order valence-electron chi connectivity index (χ4n) is 3.59. The van der Waals surface area contributed by atoms with Crippen molar-refractivity contribution in [3.05, 3.63) is 75.6 Å². The fraction of sp³-hybridized carbons (Fsp3) is 0.174. The highest BCUT2D eigenvalue weighted by atomic mass is 79.9. The normalized spacial score (nSPS) is 12.2. The fourth-order valence-corrected chi connectivity index (χ4v) is 3.87. The zero-order chi connectivity index (χ0) is 22.2. The first kappa shape index (κ1) is 20.3. The van der Waals surface area contributed by atoms with E-state index in [-0.39, 0.29) is 12.7 Å². The predicted molar refractivity (Wildman–Crippen MR) is 123 cm³/mol. The summed E-state index contributed by atoms with van der Waals surface area (Å²) in [5.74, 6) is 1.11. The Morgan fingerprint density at radius 3 is 2.81 bits per heavy atom. The number of aryl methyl sites for hydroxylation is 1. The first-order chi connectivity index (χ1) is 15.5. The standard InChI is InChI=1S/C23H20BrN5O3/c1-13-22(24)14(2)29(28-13)11-15-4-3-5-17(8-15)25-23(30)19-10-18(26-27-19)16-6-7-20-21(9-16)32-12-31-20/h3-10H,11-12H2,1-2H3,(H,25,30)(H,26,27). The number of nitrogens with zero attached hydrogens (tertiary/aromatic N) is 3. The summed E-state index contributed by atoms with van der Waals surface area (Å²) in [6.07, 6.45) is 0. The highest BCUT2D eigenvalue weighted by Crippen LogP contribution is 2.35. The van der Waals surface area contributed by atoms with E-state index in [0.717, 1.165) is 27.0 Å². The van der Waals surface area contributed by atoms with Crippen LogP contribution in [0.4, 0.5) is 5.69 Å². The molecule has 32 heavy (non-hydrogen) atoms. The Bertz CT molecular complexity index is 1330. The molecule has 1 aliphatic heterocycles. The maximum Gasteiger partial charge on any atom is 0.273 e. The SMILES string of the molecule is Cc1nn(Cc2cccc(NC(=O)c3cc(-c4ccc5c(c4)OCO5)n[nH]3)c2)c(C)c1Br. The second-order valence-electron chi connectivity index (χ2n) is 7.53. The number of ether oxygens (including phenoxy) is 2. The molecule has 9 heteroatoms. The van der Waals surface area contributed by atoms with E-state index in [9.17, 15) is 4.79 Å². The summed E-state index contributed by atoms with van der Waals surface area (Å²) in [6, 6.07) is 15.0. The van der Waals surface area contributed by atoms with Gasteiger partial charge in [0.15, 0.2) is 11.5 Å². The van der Waals surface area contributed by atoms with Gasteiger partial charge in [0.1, 0.15) is 5.69 Å². The molecule has 1 amide bonds. The Morgan fingerprint density at radius 2 is 2.00 bits per heavy atom. The Balaban J connectivity index is 1.30. The first-order valence-corrected chi connectivity index (χ1v) is 10.8. The monoisotopic (exact) mass is 493 g/mol. The van der Waals surface area contributed by atoms with E-state index in [0.29, 0.717) is 35.1 Å². The minimum Gasteiger partial charge on any atom is -0.454 e. The number of hydrogen-bond donors (Lipinski definition) is 2. The molecule has 0 atom stereocenters. The molecule has 0 unspecified atom stereocenters. The van der Waals surface area contributed by atoms with Crippen LogP contribution in [0.25, 0.3) is 11.3 Å². The Labute approximate surface area is 192 Å². The maximum atomic E-state index is 12.8. The molecule has 0 saturated heterocycles. The number of carbonyl (C=O) groups excluding carboxylic acids is 1. The van der Waals surface area contributed by atoms with Crippen LogP contribution in [0.2, 0.25) is 0 Å². The van der Waals surface area contributed by atoms with E-state index in [1.165, 1.54) is 0 Å². The van der Waals surface area contributed by atoms with Crippen molar-refractivity contribution >= 4 is 27.5 Å². The molecule has 2 aromatic carbocycles. The molecule has 2 N–H and O–H groups in total. The van der Waals surface area contributed by atoms with Crippen LogP contribution in [0, 0.1) is 13.8 Å². The largest absolute Gasteiger partial charge is 0.454 e. The summed E-state index contributed by atoms with van der Waals surface area (Å²) in [6.45, 7) is 4.81. The van der Waals surface area contributed by atoms with Gasteiger partial charge >= 0.3 is 0 Å². The third-order valence-corrected chi connectivity index (χ3v) is 6.45. The summed E-state index contributed by atoms with van der Waals surface area (Å²) >= 11 is 3.56. The number of nitrogens with one attached hydrogen (secondary N) is 2. The molecule has 0 spiro atoms. The summed E-state index contributed by atoms with van der Waals surface area (Å²) in [7, 11) is 0. The first-order valence-electron chi connectivity index (χ1n) is 10.0. The van der Waals surface area contributed by atoms with Crippen molar-refractivity contribution in [3.8, 4) is 22.8 Å². The number of aromatic amines is 1. The summed E-state index contributed by atoms with van der Waals surface area (Å²) in [5.41, 5.74) is 5.60. The van der Waals surface area contributed by atoms with Crippen molar-refractivity contribution in [1.82, 2.24) is 20.0 Å². The molecule has 8 nitrogen and oxygen atoms in total. The molecule has 2 aromatic heterocycles. The molecule has 3 heterocycles. The number of amides is 1. The van der Waals surface area contributed by atoms with Crippen molar-refractivity contribution in [2.24, 2.45) is 0 Å². The van der Waals surface area contributed by atoms with Gasteiger partial charge in [0.05, 0.1) is 28.1 Å². The van der Waals surface area contributed by atoms with Gasteiger partial charge in [0.2, 0.25) is 6.79 Å². The molecule has 1 aliphatic rings. The van der Waals surface area contributed by atoms with Crippen molar-refractivity contribution in [3.63, 3.8) is 0 Å². The van der Waals surface area contributed by atoms with Gasteiger partial charge in [-0.1, -0.05) is 12.1 Å². The zero-order valence-corrected chi connectivity index (χ0v) is 19.1. The van der Waals surface area contributed by atoms with Gasteiger partial charge in [-0.3, -0.25) is 14.6 Å².